The van der Waals surface area contributed by atoms with Crippen molar-refractivity contribution in [1.29, 1.82) is 0 Å². The van der Waals surface area contributed by atoms with Crippen LogP contribution >= 0.6 is 15.9 Å². The van der Waals surface area contributed by atoms with Gasteiger partial charge in [0.2, 0.25) is 0 Å². The Kier molecular flexibility index (Phi) is 4.43. The Hall–Kier alpha value is -1.55. The number of anilines is 1. The summed E-state index contributed by atoms with van der Waals surface area (Å²) in [5, 5.41) is 3.27. The molecule has 4 heteroatoms. The maximum atomic E-state index is 13.2. The molecule has 0 radical (unpaired) electrons. The fourth-order valence-corrected chi connectivity index (χ4v) is 2.25. The molecule has 100 valence electrons. The first-order valence-electron chi connectivity index (χ1n) is 5.92. The molecule has 0 aliphatic rings. The van der Waals surface area contributed by atoms with E-state index in [1.54, 1.807) is 13.2 Å². The Morgan fingerprint density at radius 2 is 2.00 bits per heavy atom. The van der Waals surface area contributed by atoms with Crippen LogP contribution in [0.4, 0.5) is 10.1 Å². The number of ether oxygens (including phenoxy) is 1. The van der Waals surface area contributed by atoms with Gasteiger partial charge in [-0.1, -0.05) is 15.9 Å². The molecule has 0 aliphatic carbocycles. The average Bonchev–Trinajstić information content (AvgIpc) is 2.40. The first kappa shape index (κ1) is 13.9. The van der Waals surface area contributed by atoms with E-state index in [1.165, 1.54) is 12.1 Å². The van der Waals surface area contributed by atoms with E-state index in [0.717, 1.165) is 27.0 Å². The highest BCUT2D eigenvalue weighted by Gasteiger charge is 2.03. The van der Waals surface area contributed by atoms with Crippen LogP contribution < -0.4 is 10.1 Å². The van der Waals surface area contributed by atoms with Gasteiger partial charge in [0.25, 0.3) is 0 Å². The summed E-state index contributed by atoms with van der Waals surface area (Å²) in [5.74, 6) is 0.628. The minimum atomic E-state index is -0.231. The Morgan fingerprint density at radius 1 is 1.21 bits per heavy atom. The SMILES string of the molecule is COc1ccc(NCc2cc(F)ccc2Br)cc1C. The quantitative estimate of drug-likeness (QED) is 0.893. The van der Waals surface area contributed by atoms with Gasteiger partial charge in [0, 0.05) is 16.7 Å². The molecular formula is C15H15BrFNO. The predicted octanol–water partition coefficient (Wildman–Crippen LogP) is 4.52. The largest absolute Gasteiger partial charge is 0.496 e. The van der Waals surface area contributed by atoms with E-state index in [1.807, 2.05) is 25.1 Å². The first-order valence-corrected chi connectivity index (χ1v) is 6.72. The normalized spacial score (nSPS) is 10.3. The molecule has 0 aliphatic heterocycles. The number of benzene rings is 2. The van der Waals surface area contributed by atoms with Gasteiger partial charge in [-0.2, -0.15) is 0 Å². The zero-order valence-electron chi connectivity index (χ0n) is 10.8. The Morgan fingerprint density at radius 3 is 2.68 bits per heavy atom. The molecule has 1 N–H and O–H groups in total. The predicted molar refractivity (Wildman–Crippen MR) is 79.2 cm³/mol. The van der Waals surface area contributed by atoms with Crippen LogP contribution in [0.1, 0.15) is 11.1 Å². The van der Waals surface area contributed by atoms with Gasteiger partial charge in [0.15, 0.2) is 0 Å². The lowest BCUT2D eigenvalue weighted by atomic mass is 10.2. The summed E-state index contributed by atoms with van der Waals surface area (Å²) in [6.07, 6.45) is 0. The molecule has 2 aromatic carbocycles. The second kappa shape index (κ2) is 6.06. The van der Waals surface area contributed by atoms with Crippen LogP contribution in [0.3, 0.4) is 0 Å². The molecule has 0 spiro atoms. The number of nitrogens with one attached hydrogen (secondary N) is 1. The average molecular weight is 324 g/mol. The summed E-state index contributed by atoms with van der Waals surface area (Å²) in [4.78, 5) is 0. The van der Waals surface area contributed by atoms with Gasteiger partial charge >= 0.3 is 0 Å². The summed E-state index contributed by atoms with van der Waals surface area (Å²) in [5.41, 5.74) is 2.92. The number of halogens is 2. The highest BCUT2D eigenvalue weighted by Crippen LogP contribution is 2.23. The smallest absolute Gasteiger partial charge is 0.123 e. The lowest BCUT2D eigenvalue weighted by molar-refractivity contribution is 0.412. The first-order chi connectivity index (χ1) is 9.10. The number of rotatable bonds is 4. The van der Waals surface area contributed by atoms with Gasteiger partial charge in [0.1, 0.15) is 11.6 Å². The van der Waals surface area contributed by atoms with Crippen molar-refractivity contribution in [3.05, 3.63) is 57.8 Å². The van der Waals surface area contributed by atoms with E-state index in [9.17, 15) is 4.39 Å². The van der Waals surface area contributed by atoms with Gasteiger partial charge in [-0.15, -0.1) is 0 Å². The van der Waals surface area contributed by atoms with Crippen LogP contribution in [0.15, 0.2) is 40.9 Å². The molecule has 0 fully saturated rings. The molecule has 0 saturated carbocycles. The van der Waals surface area contributed by atoms with Gasteiger partial charge in [-0.25, -0.2) is 4.39 Å². The Bertz CT molecular complexity index is 586. The van der Waals surface area contributed by atoms with Crippen LogP contribution in [-0.2, 0) is 6.54 Å². The van der Waals surface area contributed by atoms with Gasteiger partial charge in [-0.3, -0.25) is 0 Å². The molecule has 0 unspecified atom stereocenters. The fourth-order valence-electron chi connectivity index (χ4n) is 1.86. The van der Waals surface area contributed by atoms with E-state index in [-0.39, 0.29) is 5.82 Å². The van der Waals surface area contributed by atoms with Crippen LogP contribution in [0.25, 0.3) is 0 Å². The van der Waals surface area contributed by atoms with Crippen LogP contribution in [0, 0.1) is 12.7 Å². The second-order valence-electron chi connectivity index (χ2n) is 4.27. The lowest BCUT2D eigenvalue weighted by Crippen LogP contribution is -2.01. The maximum Gasteiger partial charge on any atom is 0.123 e. The second-order valence-corrected chi connectivity index (χ2v) is 5.13. The van der Waals surface area contributed by atoms with Gasteiger partial charge in [0.05, 0.1) is 7.11 Å². The third kappa shape index (κ3) is 3.47. The summed E-state index contributed by atoms with van der Waals surface area (Å²) in [6.45, 7) is 2.55. The third-order valence-electron chi connectivity index (χ3n) is 2.89. The summed E-state index contributed by atoms with van der Waals surface area (Å²) in [7, 11) is 1.65. The van der Waals surface area contributed by atoms with Gasteiger partial charge in [-0.05, 0) is 54.4 Å². The molecule has 0 saturated heterocycles. The highest BCUT2D eigenvalue weighted by atomic mass is 79.9. The van der Waals surface area contributed by atoms with Crippen molar-refractivity contribution < 1.29 is 9.13 Å². The van der Waals surface area contributed by atoms with Crippen molar-refractivity contribution >= 4 is 21.6 Å². The minimum absolute atomic E-state index is 0.231. The number of aryl methyl sites for hydroxylation is 1. The molecular weight excluding hydrogens is 309 g/mol. The van der Waals surface area contributed by atoms with Crippen molar-refractivity contribution in [2.24, 2.45) is 0 Å². The van der Waals surface area contributed by atoms with E-state index < -0.39 is 0 Å². The molecule has 0 atom stereocenters. The molecule has 0 aromatic heterocycles. The van der Waals surface area contributed by atoms with Crippen molar-refractivity contribution in [3.8, 4) is 5.75 Å². The molecule has 0 amide bonds. The van der Waals surface area contributed by atoms with E-state index >= 15 is 0 Å². The third-order valence-corrected chi connectivity index (χ3v) is 3.66. The summed E-state index contributed by atoms with van der Waals surface area (Å²) >= 11 is 3.41. The molecule has 0 bridgehead atoms. The summed E-state index contributed by atoms with van der Waals surface area (Å²) in [6, 6.07) is 10.5. The number of methoxy groups -OCH3 is 1. The standard InChI is InChI=1S/C15H15BrFNO/c1-10-7-13(4-6-15(10)19-2)18-9-11-8-12(17)3-5-14(11)16/h3-8,18H,9H2,1-2H3. The zero-order valence-corrected chi connectivity index (χ0v) is 12.4. The number of hydrogen-bond acceptors (Lipinski definition) is 2. The van der Waals surface area contributed by atoms with Crippen molar-refractivity contribution in [1.82, 2.24) is 0 Å². The monoisotopic (exact) mass is 323 g/mol. The van der Waals surface area contributed by atoms with Crippen molar-refractivity contribution in [2.75, 3.05) is 12.4 Å². The number of hydrogen-bond donors (Lipinski definition) is 1. The van der Waals surface area contributed by atoms with Crippen LogP contribution in [0.5, 0.6) is 5.75 Å². The van der Waals surface area contributed by atoms with Crippen LogP contribution in [-0.4, -0.2) is 7.11 Å². The molecule has 2 rings (SSSR count). The zero-order chi connectivity index (χ0) is 13.8. The van der Waals surface area contributed by atoms with E-state index in [2.05, 4.69) is 21.2 Å². The van der Waals surface area contributed by atoms with Crippen molar-refractivity contribution in [3.63, 3.8) is 0 Å². The minimum Gasteiger partial charge on any atom is -0.496 e. The topological polar surface area (TPSA) is 21.3 Å². The lowest BCUT2D eigenvalue weighted by Gasteiger charge is -2.11. The van der Waals surface area contributed by atoms with E-state index in [4.69, 9.17) is 4.74 Å². The Balaban J connectivity index is 2.10. The fraction of sp³-hybridized carbons (Fsp3) is 0.200. The van der Waals surface area contributed by atoms with Crippen molar-refractivity contribution in [2.45, 2.75) is 13.5 Å². The van der Waals surface area contributed by atoms with E-state index in [0.29, 0.717) is 6.54 Å². The van der Waals surface area contributed by atoms with Gasteiger partial charge < -0.3 is 10.1 Å². The highest BCUT2D eigenvalue weighted by molar-refractivity contribution is 9.10. The molecule has 2 nitrogen and oxygen atoms in total. The molecule has 19 heavy (non-hydrogen) atoms. The molecule has 2 aromatic rings. The maximum absolute atomic E-state index is 13.2. The van der Waals surface area contributed by atoms with Crippen LogP contribution in [0.2, 0.25) is 0 Å². The Labute approximate surface area is 120 Å². The summed E-state index contributed by atoms with van der Waals surface area (Å²) < 4.78 is 19.3. The molecule has 0 heterocycles.